The van der Waals surface area contributed by atoms with E-state index < -0.39 is 12.1 Å². The van der Waals surface area contributed by atoms with Crippen LogP contribution in [0, 0.1) is 5.92 Å². The van der Waals surface area contributed by atoms with Crippen molar-refractivity contribution in [1.29, 1.82) is 0 Å². The number of carboxylic acids is 1. The number of para-hydroxylation sites is 2. The van der Waals surface area contributed by atoms with Gasteiger partial charge >= 0.3 is 17.8 Å². The number of carboxylic acid groups (broad SMARTS) is 1. The monoisotopic (exact) mass is 545 g/mol. The summed E-state index contributed by atoms with van der Waals surface area (Å²) in [4.78, 5) is 34.1. The first-order valence-electron chi connectivity index (χ1n) is 11.1. The summed E-state index contributed by atoms with van der Waals surface area (Å²) < 4.78 is 35.3. The van der Waals surface area contributed by atoms with E-state index in [4.69, 9.17) is 33.1 Å². The minimum Gasteiger partial charge on any atom is -0.475 e. The number of carbonyl (C=O) groups excluding carboxylic acids is 1. The Morgan fingerprint density at radius 2 is 1.64 bits per heavy atom. The number of hydrogen-bond acceptors (Lipinski definition) is 3. The summed E-state index contributed by atoms with van der Waals surface area (Å²) in [6.45, 7) is 0.709. The van der Waals surface area contributed by atoms with E-state index in [1.807, 2.05) is 35.9 Å². The topological polar surface area (TPSA) is 93.3 Å². The van der Waals surface area contributed by atoms with Crippen LogP contribution in [0.15, 0.2) is 47.3 Å². The fraction of sp³-hybridized carbons (Fsp3) is 0.375. The maximum absolute atomic E-state index is 12.6. The summed E-state index contributed by atoms with van der Waals surface area (Å²) in [5.74, 6) is -2.53. The number of carbonyl (C=O) groups is 2. The molecule has 0 saturated heterocycles. The molecule has 3 aromatic rings. The Bertz CT molecular complexity index is 1310. The third-order valence-electron chi connectivity index (χ3n) is 6.09. The quantitative estimate of drug-likeness (QED) is 0.467. The second-order valence-electron chi connectivity index (χ2n) is 8.56. The van der Waals surface area contributed by atoms with E-state index in [-0.39, 0.29) is 17.6 Å². The zero-order valence-electron chi connectivity index (χ0n) is 19.2. The van der Waals surface area contributed by atoms with Crippen molar-refractivity contribution >= 4 is 46.1 Å². The van der Waals surface area contributed by atoms with Crippen LogP contribution in [0.1, 0.15) is 36.0 Å². The lowest BCUT2D eigenvalue weighted by molar-refractivity contribution is -0.192. The van der Waals surface area contributed by atoms with E-state index in [9.17, 15) is 22.8 Å². The van der Waals surface area contributed by atoms with Crippen molar-refractivity contribution in [2.75, 3.05) is 0 Å². The van der Waals surface area contributed by atoms with E-state index in [1.54, 1.807) is 22.8 Å². The molecule has 1 aromatic heterocycles. The highest BCUT2D eigenvalue weighted by atomic mass is 35.5. The molecule has 36 heavy (non-hydrogen) atoms. The van der Waals surface area contributed by atoms with E-state index in [1.165, 1.54) is 0 Å². The lowest BCUT2D eigenvalue weighted by Crippen LogP contribution is -2.38. The van der Waals surface area contributed by atoms with Crippen molar-refractivity contribution < 1.29 is 27.9 Å². The van der Waals surface area contributed by atoms with Crippen LogP contribution in [0.4, 0.5) is 13.2 Å². The van der Waals surface area contributed by atoms with Gasteiger partial charge in [0, 0.05) is 24.7 Å². The molecule has 194 valence electrons. The highest BCUT2D eigenvalue weighted by Crippen LogP contribution is 2.28. The smallest absolute Gasteiger partial charge is 0.475 e. The van der Waals surface area contributed by atoms with Gasteiger partial charge in [-0.1, -0.05) is 35.3 Å². The highest BCUT2D eigenvalue weighted by Gasteiger charge is 2.38. The number of imidazole rings is 1. The summed E-state index contributed by atoms with van der Waals surface area (Å²) in [5, 5.41) is 11.1. The molecule has 0 bridgehead atoms. The third-order valence-corrected chi connectivity index (χ3v) is 6.65. The lowest BCUT2D eigenvalue weighted by atomic mass is 9.85. The molecule has 0 radical (unpaired) electrons. The van der Waals surface area contributed by atoms with Gasteiger partial charge in [0.1, 0.15) is 0 Å². The Labute approximate surface area is 214 Å². The minimum absolute atomic E-state index is 0.0252. The molecule has 2 N–H and O–H groups in total. The van der Waals surface area contributed by atoms with Crippen molar-refractivity contribution in [3.63, 3.8) is 0 Å². The molecular weight excluding hydrogens is 522 g/mol. The third kappa shape index (κ3) is 6.61. The molecule has 1 heterocycles. The number of aliphatic carboxylic acids is 1. The molecule has 1 aliphatic carbocycles. The van der Waals surface area contributed by atoms with Gasteiger partial charge in [-0.25, -0.2) is 9.59 Å². The summed E-state index contributed by atoms with van der Waals surface area (Å²) in [6, 6.07) is 12.9. The Kier molecular flexibility index (Phi) is 8.73. The summed E-state index contributed by atoms with van der Waals surface area (Å²) in [7, 11) is 1.81. The number of hydrogen-bond donors (Lipinski definition) is 2. The van der Waals surface area contributed by atoms with E-state index in [0.29, 0.717) is 28.1 Å². The molecule has 7 nitrogen and oxygen atoms in total. The van der Waals surface area contributed by atoms with Gasteiger partial charge in [0.25, 0.3) is 5.91 Å². The molecule has 4 rings (SSSR count). The maximum atomic E-state index is 12.6. The average molecular weight is 546 g/mol. The van der Waals surface area contributed by atoms with Crippen molar-refractivity contribution in [2.45, 2.75) is 44.4 Å². The first-order chi connectivity index (χ1) is 16.9. The van der Waals surface area contributed by atoms with Gasteiger partial charge in [-0.2, -0.15) is 13.2 Å². The van der Waals surface area contributed by atoms with Gasteiger partial charge in [0.2, 0.25) is 0 Å². The molecule has 12 heteroatoms. The number of aromatic nitrogens is 2. The molecule has 0 unspecified atom stereocenters. The molecule has 1 aliphatic rings. The largest absolute Gasteiger partial charge is 0.490 e. The molecule has 0 spiro atoms. The van der Waals surface area contributed by atoms with Gasteiger partial charge in [-0.05, 0) is 61.9 Å². The normalized spacial score (nSPS) is 17.8. The SMILES string of the molecule is Cn1c(=O)n(CC2CCC(NC(=O)c3cc(Cl)ccc3Cl)CC2)c2ccccc21.O=C(O)C(F)(F)F. The van der Waals surface area contributed by atoms with Crippen LogP contribution in [0.3, 0.4) is 0 Å². The Morgan fingerprint density at radius 3 is 2.22 bits per heavy atom. The first kappa shape index (κ1) is 27.6. The van der Waals surface area contributed by atoms with Gasteiger partial charge in [-0.3, -0.25) is 13.9 Å². The van der Waals surface area contributed by atoms with Gasteiger partial charge < -0.3 is 10.4 Å². The number of fused-ring (bicyclic) bond motifs is 1. The predicted octanol–water partition coefficient (Wildman–Crippen LogP) is 5.27. The molecule has 0 atom stereocenters. The zero-order valence-corrected chi connectivity index (χ0v) is 20.7. The van der Waals surface area contributed by atoms with Crippen LogP contribution in [-0.4, -0.2) is 38.3 Å². The molecule has 1 fully saturated rings. The fourth-order valence-corrected chi connectivity index (χ4v) is 4.60. The second kappa shape index (κ2) is 11.4. The number of amides is 1. The molecular formula is C24H24Cl2F3N3O4. The summed E-state index contributed by atoms with van der Waals surface area (Å²) in [5.41, 5.74) is 2.36. The molecule has 1 saturated carbocycles. The highest BCUT2D eigenvalue weighted by molar-refractivity contribution is 6.35. The number of benzene rings is 2. The van der Waals surface area contributed by atoms with E-state index in [2.05, 4.69) is 5.32 Å². The van der Waals surface area contributed by atoms with E-state index in [0.717, 1.165) is 36.7 Å². The lowest BCUT2D eigenvalue weighted by Gasteiger charge is -2.29. The Hall–Kier alpha value is -2.98. The average Bonchev–Trinajstić information content (AvgIpc) is 3.06. The van der Waals surface area contributed by atoms with Gasteiger partial charge in [0.15, 0.2) is 0 Å². The molecule has 2 aromatic carbocycles. The van der Waals surface area contributed by atoms with Crippen LogP contribution in [0.2, 0.25) is 10.0 Å². The Morgan fingerprint density at radius 1 is 1.06 bits per heavy atom. The Balaban J connectivity index is 0.000000454. The number of rotatable bonds is 4. The van der Waals surface area contributed by atoms with Crippen LogP contribution in [0.5, 0.6) is 0 Å². The summed E-state index contributed by atoms with van der Waals surface area (Å²) >= 11 is 12.1. The minimum atomic E-state index is -5.08. The van der Waals surface area contributed by atoms with Crippen LogP contribution < -0.4 is 11.0 Å². The maximum Gasteiger partial charge on any atom is 0.490 e. The fourth-order valence-electron chi connectivity index (χ4n) is 4.22. The van der Waals surface area contributed by atoms with Gasteiger partial charge in [-0.15, -0.1) is 0 Å². The van der Waals surface area contributed by atoms with Crippen LogP contribution >= 0.6 is 23.2 Å². The molecule has 0 aliphatic heterocycles. The van der Waals surface area contributed by atoms with Crippen molar-refractivity contribution in [3.05, 3.63) is 68.6 Å². The predicted molar refractivity (Wildman–Crippen MR) is 131 cm³/mol. The number of nitrogens with zero attached hydrogens (tertiary/aromatic N) is 2. The van der Waals surface area contributed by atoms with Crippen molar-refractivity contribution in [2.24, 2.45) is 13.0 Å². The van der Waals surface area contributed by atoms with Gasteiger partial charge in [0.05, 0.1) is 21.6 Å². The number of alkyl halides is 3. The molecule has 1 amide bonds. The van der Waals surface area contributed by atoms with Crippen LogP contribution in [0.25, 0.3) is 11.0 Å². The second-order valence-corrected chi connectivity index (χ2v) is 9.40. The van der Waals surface area contributed by atoms with Crippen molar-refractivity contribution in [1.82, 2.24) is 14.5 Å². The standard InChI is InChI=1S/C22H23Cl2N3O2.C2HF3O2/c1-26-19-4-2-3-5-20(19)27(22(26)29)13-14-6-9-16(10-7-14)25-21(28)17-12-15(23)8-11-18(17)24;3-2(4,5)1(6)7/h2-5,8,11-12,14,16H,6-7,9-10,13H2,1H3,(H,25,28);(H,6,7). The number of nitrogens with one attached hydrogen (secondary N) is 1. The number of aryl methyl sites for hydroxylation is 1. The summed E-state index contributed by atoms with van der Waals surface area (Å²) in [6.07, 6.45) is -1.39. The van der Waals surface area contributed by atoms with E-state index >= 15 is 0 Å². The van der Waals surface area contributed by atoms with Crippen molar-refractivity contribution in [3.8, 4) is 0 Å². The number of halogens is 5. The van der Waals surface area contributed by atoms with Crippen LogP contribution in [-0.2, 0) is 18.4 Å². The zero-order chi connectivity index (χ0) is 26.6. The first-order valence-corrected chi connectivity index (χ1v) is 11.8.